The molecule has 0 spiro atoms. The van der Waals surface area contributed by atoms with Gasteiger partial charge in [0.1, 0.15) is 12.2 Å². The van der Waals surface area contributed by atoms with Crippen LogP contribution in [0.25, 0.3) is 0 Å². The van der Waals surface area contributed by atoms with Crippen molar-refractivity contribution in [1.29, 1.82) is 0 Å². The number of esters is 1. The molecule has 0 aliphatic carbocycles. The Kier molecular flexibility index (Phi) is 26.4. The molecule has 0 bridgehead atoms. The summed E-state index contributed by atoms with van der Waals surface area (Å²) in [6.45, 7) is 14.2. The van der Waals surface area contributed by atoms with Crippen LogP contribution in [-0.4, -0.2) is 137 Å². The highest BCUT2D eigenvalue weighted by Crippen LogP contribution is 2.06. The van der Waals surface area contributed by atoms with Gasteiger partial charge in [-0.1, -0.05) is 0 Å². The maximum Gasteiger partial charge on any atom is 0.332 e. The van der Waals surface area contributed by atoms with Crippen molar-refractivity contribution in [2.45, 2.75) is 26.4 Å². The van der Waals surface area contributed by atoms with Gasteiger partial charge in [-0.3, -0.25) is 0 Å². The Morgan fingerprint density at radius 1 is 0.472 bits per heavy atom. The lowest BCUT2D eigenvalue weighted by Crippen LogP contribution is -2.27. The van der Waals surface area contributed by atoms with Crippen LogP contribution in [-0.2, 0) is 52.2 Å². The zero-order valence-electron chi connectivity index (χ0n) is 22.5. The van der Waals surface area contributed by atoms with E-state index in [1.165, 1.54) is 0 Å². The monoisotopic (exact) mass is 527 g/mol. The van der Waals surface area contributed by atoms with Crippen LogP contribution in [0.1, 0.15) is 20.8 Å². The zero-order chi connectivity index (χ0) is 26.6. The number of carbonyl (C=O) groups excluding carboxylic acids is 1. The minimum absolute atomic E-state index is 0.0790. The largest absolute Gasteiger partial charge is 0.458 e. The Bertz CT molecular complexity index is 464. The van der Waals surface area contributed by atoms with E-state index in [2.05, 4.69) is 0 Å². The minimum Gasteiger partial charge on any atom is -0.458 e. The highest BCUT2D eigenvalue weighted by Gasteiger charge is 2.15. The average molecular weight is 528 g/mol. The van der Waals surface area contributed by atoms with Crippen molar-refractivity contribution in [3.63, 3.8) is 0 Å². The van der Waals surface area contributed by atoms with Gasteiger partial charge in [-0.25, -0.2) is 4.79 Å². The van der Waals surface area contributed by atoms with Crippen LogP contribution in [0.5, 0.6) is 0 Å². The fourth-order valence-electron chi connectivity index (χ4n) is 2.37. The van der Waals surface area contributed by atoms with E-state index in [0.717, 1.165) is 0 Å². The summed E-state index contributed by atoms with van der Waals surface area (Å²) in [5, 5.41) is 0. The van der Waals surface area contributed by atoms with Crippen molar-refractivity contribution >= 4 is 5.97 Å². The first-order chi connectivity index (χ1) is 17.5. The number of ether oxygens (including phenoxy) is 10. The third-order valence-corrected chi connectivity index (χ3v) is 3.88. The van der Waals surface area contributed by atoms with E-state index >= 15 is 0 Å². The normalized spacial score (nSPS) is 11.8. The first-order valence-corrected chi connectivity index (χ1v) is 12.6. The van der Waals surface area contributed by atoms with E-state index in [4.69, 9.17) is 53.1 Å². The third-order valence-electron chi connectivity index (χ3n) is 3.88. The lowest BCUT2D eigenvalue weighted by atomic mass is 10.2. The Balaban J connectivity index is 3.09. The Morgan fingerprint density at radius 3 is 0.972 bits per heavy atom. The molecule has 2 N–H and O–H groups in total. The quantitative estimate of drug-likeness (QED) is 0.112. The molecule has 36 heavy (non-hydrogen) atoms. The molecule has 0 aromatic heterocycles. The fraction of sp³-hybridized carbons (Fsp3) is 0.958. The molecule has 0 unspecified atom stereocenters. The maximum atomic E-state index is 11.5. The summed E-state index contributed by atoms with van der Waals surface area (Å²) >= 11 is 0. The molecule has 0 aromatic carbocycles. The highest BCUT2D eigenvalue weighted by molar-refractivity contribution is 5.71. The van der Waals surface area contributed by atoms with Crippen molar-refractivity contribution in [2.75, 3.05) is 125 Å². The molecule has 0 aliphatic rings. The second kappa shape index (κ2) is 27.1. The van der Waals surface area contributed by atoms with Gasteiger partial charge in [-0.05, 0) is 20.8 Å². The summed E-state index contributed by atoms with van der Waals surface area (Å²) in [5.74, 6) is -0.384. The Labute approximate surface area is 216 Å². The molecule has 216 valence electrons. The fourth-order valence-corrected chi connectivity index (χ4v) is 2.37. The summed E-state index contributed by atoms with van der Waals surface area (Å²) in [6, 6.07) is 0. The summed E-state index contributed by atoms with van der Waals surface area (Å²) in [7, 11) is 0. The first kappa shape index (κ1) is 35.1. The molecular formula is C24H49NO11. The molecule has 0 fully saturated rings. The van der Waals surface area contributed by atoms with E-state index in [-0.39, 0.29) is 12.6 Å². The van der Waals surface area contributed by atoms with Gasteiger partial charge in [0.05, 0.1) is 112 Å². The van der Waals surface area contributed by atoms with Gasteiger partial charge in [0.2, 0.25) is 0 Å². The summed E-state index contributed by atoms with van der Waals surface area (Å²) in [5.41, 5.74) is 4.81. The van der Waals surface area contributed by atoms with Crippen LogP contribution in [0.4, 0.5) is 0 Å². The molecule has 0 rings (SSSR count). The molecule has 0 saturated carbocycles. The van der Waals surface area contributed by atoms with Crippen LogP contribution in [0, 0.1) is 0 Å². The smallest absolute Gasteiger partial charge is 0.332 e. The van der Waals surface area contributed by atoms with Gasteiger partial charge in [0.25, 0.3) is 0 Å². The maximum absolute atomic E-state index is 11.5. The van der Waals surface area contributed by atoms with Crippen molar-refractivity contribution in [2.24, 2.45) is 5.73 Å². The Hall–Kier alpha value is -0.930. The molecule has 12 nitrogen and oxygen atoms in total. The van der Waals surface area contributed by atoms with Gasteiger partial charge in [-0.2, -0.15) is 0 Å². The first-order valence-electron chi connectivity index (χ1n) is 12.6. The van der Waals surface area contributed by atoms with E-state index in [0.29, 0.717) is 119 Å². The van der Waals surface area contributed by atoms with Gasteiger partial charge >= 0.3 is 5.97 Å². The predicted molar refractivity (Wildman–Crippen MR) is 132 cm³/mol. The topological polar surface area (TPSA) is 135 Å². The van der Waals surface area contributed by atoms with E-state index in [1.807, 2.05) is 20.8 Å². The van der Waals surface area contributed by atoms with Crippen LogP contribution in [0.2, 0.25) is 0 Å². The average Bonchev–Trinajstić information content (AvgIpc) is 2.82. The zero-order valence-corrected chi connectivity index (χ0v) is 22.5. The van der Waals surface area contributed by atoms with E-state index in [1.54, 1.807) is 0 Å². The van der Waals surface area contributed by atoms with Crippen molar-refractivity contribution < 1.29 is 52.2 Å². The summed E-state index contributed by atoms with van der Waals surface area (Å²) in [4.78, 5) is 11.5. The molecule has 0 amide bonds. The number of hydrogen-bond acceptors (Lipinski definition) is 12. The molecule has 0 atom stereocenters. The number of hydrogen-bond donors (Lipinski definition) is 1. The molecule has 0 heterocycles. The van der Waals surface area contributed by atoms with Crippen molar-refractivity contribution in [3.05, 3.63) is 0 Å². The molecule has 0 saturated heterocycles. The van der Waals surface area contributed by atoms with Crippen LogP contribution in [0.15, 0.2) is 0 Å². The van der Waals surface area contributed by atoms with E-state index < -0.39 is 5.60 Å². The lowest BCUT2D eigenvalue weighted by molar-refractivity contribution is -0.160. The van der Waals surface area contributed by atoms with Crippen molar-refractivity contribution in [3.8, 4) is 0 Å². The van der Waals surface area contributed by atoms with Crippen LogP contribution < -0.4 is 5.73 Å². The molecule has 0 aliphatic heterocycles. The molecular weight excluding hydrogens is 478 g/mol. The van der Waals surface area contributed by atoms with Crippen LogP contribution >= 0.6 is 0 Å². The van der Waals surface area contributed by atoms with Crippen LogP contribution in [0.3, 0.4) is 0 Å². The summed E-state index contributed by atoms with van der Waals surface area (Å²) < 4.78 is 53.3. The minimum atomic E-state index is -0.505. The Morgan fingerprint density at radius 2 is 0.722 bits per heavy atom. The second-order valence-corrected chi connectivity index (χ2v) is 8.33. The lowest BCUT2D eigenvalue weighted by Gasteiger charge is -2.19. The van der Waals surface area contributed by atoms with Gasteiger partial charge in [-0.15, -0.1) is 0 Å². The van der Waals surface area contributed by atoms with Crippen molar-refractivity contribution in [1.82, 2.24) is 0 Å². The van der Waals surface area contributed by atoms with E-state index in [9.17, 15) is 4.79 Å². The summed E-state index contributed by atoms with van der Waals surface area (Å²) in [6.07, 6.45) is 0. The number of nitrogens with two attached hydrogens (primary N) is 1. The SMILES string of the molecule is CC(C)(C)OC(=O)COCCOCCOCCOCCOCCOCCOCCOCCOCCN. The standard InChI is InChI=1S/C24H49NO11/c1-24(2,3)36-23(26)22-35-21-20-34-19-18-33-17-16-32-15-14-31-13-12-30-11-10-29-9-8-28-7-6-27-5-4-25/h4-22,25H2,1-3H3. The number of carbonyl (C=O) groups is 1. The van der Waals surface area contributed by atoms with Gasteiger partial charge < -0.3 is 53.1 Å². The molecule has 12 heteroatoms. The van der Waals surface area contributed by atoms with Gasteiger partial charge in [0.15, 0.2) is 0 Å². The molecule has 0 aromatic rings. The third kappa shape index (κ3) is 31.1. The second-order valence-electron chi connectivity index (χ2n) is 8.33. The predicted octanol–water partition coefficient (Wildman–Crippen LogP) is 0.436. The van der Waals surface area contributed by atoms with Gasteiger partial charge in [0, 0.05) is 6.54 Å². The number of rotatable bonds is 28. The highest BCUT2D eigenvalue weighted by atomic mass is 16.6. The molecule has 0 radical (unpaired) electrons.